The Morgan fingerprint density at radius 3 is 2.67 bits per heavy atom. The first kappa shape index (κ1) is 19.8. The summed E-state index contributed by atoms with van der Waals surface area (Å²) in [5, 5.41) is 19.8. The average molecular weight is 408 g/mol. The second-order valence-corrected chi connectivity index (χ2v) is 7.37. The number of hydrogen-bond donors (Lipinski definition) is 1. The molecule has 0 spiro atoms. The Morgan fingerprint density at radius 2 is 1.93 bits per heavy atom. The molecule has 1 atom stereocenters. The fraction of sp³-hybridized carbons (Fsp3) is 0.263. The van der Waals surface area contributed by atoms with Crippen molar-refractivity contribution in [2.45, 2.75) is 17.9 Å². The zero-order valence-electron chi connectivity index (χ0n) is 14.7. The number of aliphatic hydroxyl groups excluding tert-OH is 1. The zero-order chi connectivity index (χ0) is 19.2. The first-order valence-electron chi connectivity index (χ1n) is 8.32. The highest BCUT2D eigenvalue weighted by Gasteiger charge is 2.14. The summed E-state index contributed by atoms with van der Waals surface area (Å²) in [6.45, 7) is 0.238. The van der Waals surface area contributed by atoms with Crippen LogP contribution in [0.5, 0.6) is 0 Å². The molecule has 0 aliphatic heterocycles. The van der Waals surface area contributed by atoms with Crippen molar-refractivity contribution >= 4 is 23.4 Å². The van der Waals surface area contributed by atoms with Crippen molar-refractivity contribution in [1.82, 2.24) is 14.8 Å². The number of aliphatic hydroxyl groups is 1. The highest BCUT2D eigenvalue weighted by Crippen LogP contribution is 2.24. The predicted octanol–water partition coefficient (Wildman–Crippen LogP) is 3.94. The van der Waals surface area contributed by atoms with Gasteiger partial charge in [0.05, 0.1) is 19.3 Å². The predicted molar refractivity (Wildman–Crippen MR) is 104 cm³/mol. The Balaban J connectivity index is 1.50. The van der Waals surface area contributed by atoms with Gasteiger partial charge in [0, 0.05) is 29.0 Å². The van der Waals surface area contributed by atoms with Gasteiger partial charge in [0.25, 0.3) is 0 Å². The van der Waals surface area contributed by atoms with Crippen molar-refractivity contribution in [3.05, 3.63) is 64.9 Å². The van der Waals surface area contributed by atoms with E-state index in [1.807, 2.05) is 23.7 Å². The minimum atomic E-state index is -0.697. The van der Waals surface area contributed by atoms with Crippen molar-refractivity contribution in [1.29, 1.82) is 0 Å². The van der Waals surface area contributed by atoms with Crippen LogP contribution in [0.15, 0.2) is 53.7 Å². The maximum absolute atomic E-state index is 13.5. The lowest BCUT2D eigenvalue weighted by molar-refractivity contribution is 0.0386. The van der Waals surface area contributed by atoms with Gasteiger partial charge in [-0.3, -0.25) is 0 Å². The molecule has 1 aromatic heterocycles. The molecule has 0 aliphatic rings. The van der Waals surface area contributed by atoms with Crippen LogP contribution in [0, 0.1) is 5.82 Å². The lowest BCUT2D eigenvalue weighted by atomic mass is 10.2. The summed E-state index contributed by atoms with van der Waals surface area (Å²) in [7, 11) is 1.87. The van der Waals surface area contributed by atoms with E-state index in [0.29, 0.717) is 21.5 Å². The molecule has 0 unspecified atom stereocenters. The molecule has 0 aliphatic carbocycles. The third-order valence-electron chi connectivity index (χ3n) is 3.87. The monoisotopic (exact) mass is 407 g/mol. The Hall–Kier alpha value is -1.93. The van der Waals surface area contributed by atoms with Gasteiger partial charge in [-0.05, 0) is 30.3 Å². The highest BCUT2D eigenvalue weighted by molar-refractivity contribution is 7.99. The van der Waals surface area contributed by atoms with Gasteiger partial charge in [-0.15, -0.1) is 10.2 Å². The van der Waals surface area contributed by atoms with Gasteiger partial charge in [-0.1, -0.05) is 41.6 Å². The third-order valence-corrected chi connectivity index (χ3v) is 5.28. The van der Waals surface area contributed by atoms with Crippen molar-refractivity contribution in [2.24, 2.45) is 7.05 Å². The van der Waals surface area contributed by atoms with Crippen LogP contribution in [0.4, 0.5) is 4.39 Å². The van der Waals surface area contributed by atoms with Crippen molar-refractivity contribution in [3.8, 4) is 11.4 Å². The summed E-state index contributed by atoms with van der Waals surface area (Å²) in [5.74, 6) is 0.804. The lowest BCUT2D eigenvalue weighted by Gasteiger charge is -2.11. The van der Waals surface area contributed by atoms with Gasteiger partial charge in [0.2, 0.25) is 0 Å². The van der Waals surface area contributed by atoms with E-state index in [2.05, 4.69) is 10.2 Å². The molecule has 27 heavy (non-hydrogen) atoms. The molecule has 3 aromatic rings. The van der Waals surface area contributed by atoms with Gasteiger partial charge in [-0.2, -0.15) is 0 Å². The Morgan fingerprint density at radius 1 is 1.19 bits per heavy atom. The van der Waals surface area contributed by atoms with Crippen LogP contribution in [0.2, 0.25) is 5.02 Å². The maximum Gasteiger partial charge on any atom is 0.191 e. The van der Waals surface area contributed by atoms with Gasteiger partial charge in [0.15, 0.2) is 11.0 Å². The van der Waals surface area contributed by atoms with Gasteiger partial charge >= 0.3 is 0 Å². The molecule has 0 radical (unpaired) electrons. The first-order valence-corrected chi connectivity index (χ1v) is 9.68. The summed E-state index contributed by atoms with van der Waals surface area (Å²) in [6, 6.07) is 13.8. The van der Waals surface area contributed by atoms with E-state index in [1.165, 1.54) is 17.8 Å². The normalized spacial score (nSPS) is 12.3. The molecule has 2 aromatic carbocycles. The molecule has 8 heteroatoms. The van der Waals surface area contributed by atoms with E-state index in [9.17, 15) is 9.50 Å². The fourth-order valence-corrected chi connectivity index (χ4v) is 3.37. The summed E-state index contributed by atoms with van der Waals surface area (Å²) in [5.41, 5.74) is 1.38. The summed E-state index contributed by atoms with van der Waals surface area (Å²) >= 11 is 7.29. The van der Waals surface area contributed by atoms with E-state index in [1.54, 1.807) is 30.3 Å². The fourth-order valence-electron chi connectivity index (χ4n) is 2.43. The number of hydrogen-bond acceptors (Lipinski definition) is 5. The number of thioether (sulfide) groups is 1. The van der Waals surface area contributed by atoms with Crippen molar-refractivity contribution in [2.75, 3.05) is 12.4 Å². The molecule has 3 rings (SSSR count). The summed E-state index contributed by atoms with van der Waals surface area (Å²) in [6.07, 6.45) is -0.697. The van der Waals surface area contributed by atoms with E-state index in [4.69, 9.17) is 16.3 Å². The molecule has 0 saturated heterocycles. The quantitative estimate of drug-likeness (QED) is 0.573. The van der Waals surface area contributed by atoms with Crippen LogP contribution in [0.1, 0.15) is 5.56 Å². The van der Waals surface area contributed by atoms with Crippen LogP contribution >= 0.6 is 23.4 Å². The molecule has 0 saturated carbocycles. The summed E-state index contributed by atoms with van der Waals surface area (Å²) in [4.78, 5) is 0. The van der Waals surface area contributed by atoms with Crippen molar-refractivity contribution < 1.29 is 14.2 Å². The van der Waals surface area contributed by atoms with Crippen LogP contribution in [-0.4, -0.2) is 38.3 Å². The number of rotatable bonds is 8. The molecular formula is C19H19ClFN3O2S. The molecule has 0 fully saturated rings. The second-order valence-electron chi connectivity index (χ2n) is 5.94. The molecular weight excluding hydrogens is 389 g/mol. The smallest absolute Gasteiger partial charge is 0.191 e. The van der Waals surface area contributed by atoms with E-state index in [-0.39, 0.29) is 19.0 Å². The van der Waals surface area contributed by atoms with Gasteiger partial charge in [-0.25, -0.2) is 4.39 Å². The Bertz CT molecular complexity index is 889. The SMILES string of the molecule is Cn1c(SC[C@@H](O)COCc2ccccc2F)nnc1-c1ccc(Cl)cc1. The molecule has 0 bridgehead atoms. The zero-order valence-corrected chi connectivity index (χ0v) is 16.3. The van der Waals surface area contributed by atoms with Crippen molar-refractivity contribution in [3.63, 3.8) is 0 Å². The van der Waals surface area contributed by atoms with Crippen LogP contribution < -0.4 is 0 Å². The molecule has 142 valence electrons. The van der Waals surface area contributed by atoms with Crippen LogP contribution in [0.25, 0.3) is 11.4 Å². The average Bonchev–Trinajstić information content (AvgIpc) is 3.03. The van der Waals surface area contributed by atoms with E-state index < -0.39 is 6.10 Å². The van der Waals surface area contributed by atoms with E-state index in [0.717, 1.165) is 11.4 Å². The number of halogens is 2. The van der Waals surface area contributed by atoms with Gasteiger partial charge in [0.1, 0.15) is 5.82 Å². The molecule has 1 N–H and O–H groups in total. The Kier molecular flexibility index (Phi) is 6.84. The molecule has 0 amide bonds. The minimum Gasteiger partial charge on any atom is -0.390 e. The topological polar surface area (TPSA) is 60.2 Å². The number of benzene rings is 2. The number of ether oxygens (including phenoxy) is 1. The third kappa shape index (κ3) is 5.29. The standard InChI is InChI=1S/C19H19ClFN3O2S/c1-24-18(13-6-8-15(20)9-7-13)22-23-19(24)27-12-16(25)11-26-10-14-4-2-3-5-17(14)21/h2-9,16,25H,10-12H2,1H3/t16-/m0/s1. The molecule has 1 heterocycles. The Labute approximate surface area is 166 Å². The second kappa shape index (κ2) is 9.32. The number of aromatic nitrogens is 3. The highest BCUT2D eigenvalue weighted by atomic mass is 35.5. The van der Waals surface area contributed by atoms with Gasteiger partial charge < -0.3 is 14.4 Å². The maximum atomic E-state index is 13.5. The first-order chi connectivity index (χ1) is 13.0. The lowest BCUT2D eigenvalue weighted by Crippen LogP contribution is -2.18. The van der Waals surface area contributed by atoms with E-state index >= 15 is 0 Å². The molecule has 5 nitrogen and oxygen atoms in total. The number of nitrogens with zero attached hydrogens (tertiary/aromatic N) is 3. The minimum absolute atomic E-state index is 0.114. The van der Waals surface area contributed by atoms with Crippen LogP contribution in [-0.2, 0) is 18.4 Å². The largest absolute Gasteiger partial charge is 0.390 e. The summed E-state index contributed by atoms with van der Waals surface area (Å²) < 4.78 is 20.8. The van der Waals surface area contributed by atoms with Crippen LogP contribution in [0.3, 0.4) is 0 Å².